The minimum Gasteiger partial charge on any atom is -0.475 e. The van der Waals surface area contributed by atoms with Gasteiger partial charge in [0.1, 0.15) is 17.5 Å². The second kappa shape index (κ2) is 9.60. The molecule has 4 rings (SSSR count). The molecule has 1 unspecified atom stereocenters. The number of carboxylic acids is 1. The van der Waals surface area contributed by atoms with Crippen LogP contribution in [0, 0.1) is 19.8 Å². The zero-order valence-corrected chi connectivity index (χ0v) is 17.9. The molecule has 1 aliphatic rings. The van der Waals surface area contributed by atoms with E-state index in [1.165, 1.54) is 4.88 Å². The topological polar surface area (TPSA) is 89.1 Å². The van der Waals surface area contributed by atoms with Gasteiger partial charge in [-0.05, 0) is 25.3 Å². The highest BCUT2D eigenvalue weighted by Gasteiger charge is 2.38. The van der Waals surface area contributed by atoms with Gasteiger partial charge in [-0.1, -0.05) is 6.07 Å². The van der Waals surface area contributed by atoms with Gasteiger partial charge in [0.05, 0.1) is 6.54 Å². The zero-order valence-electron chi connectivity index (χ0n) is 17.1. The summed E-state index contributed by atoms with van der Waals surface area (Å²) in [6.45, 7) is 8.78. The summed E-state index contributed by atoms with van der Waals surface area (Å²) in [6, 6.07) is 4.33. The van der Waals surface area contributed by atoms with Crippen molar-refractivity contribution in [2.45, 2.75) is 46.2 Å². The number of aryl methyl sites for hydroxylation is 2. The van der Waals surface area contributed by atoms with Gasteiger partial charge in [0.2, 0.25) is 0 Å². The van der Waals surface area contributed by atoms with E-state index in [-0.39, 0.29) is 0 Å². The lowest BCUT2D eigenvalue weighted by molar-refractivity contribution is -0.192. The summed E-state index contributed by atoms with van der Waals surface area (Å²) in [5, 5.41) is 13.8. The molecule has 1 N–H and O–H groups in total. The van der Waals surface area contributed by atoms with Gasteiger partial charge in [0, 0.05) is 49.4 Å². The highest BCUT2D eigenvalue weighted by Crippen LogP contribution is 2.21. The van der Waals surface area contributed by atoms with Crippen molar-refractivity contribution in [1.29, 1.82) is 0 Å². The van der Waals surface area contributed by atoms with Crippen molar-refractivity contribution in [2.75, 3.05) is 6.54 Å². The lowest BCUT2D eigenvalue weighted by atomic mass is 10.1. The molecule has 8 nitrogen and oxygen atoms in total. The first-order valence-electron chi connectivity index (χ1n) is 9.54. The maximum atomic E-state index is 10.6. The second-order valence-corrected chi connectivity index (χ2v) is 8.33. The fourth-order valence-corrected chi connectivity index (χ4v) is 4.21. The molecular weight excluding hydrogens is 433 g/mol. The lowest BCUT2D eigenvalue weighted by Gasteiger charge is -2.23. The number of thiophene rings is 1. The van der Waals surface area contributed by atoms with Crippen LogP contribution in [0.2, 0.25) is 0 Å². The Hall–Kier alpha value is -2.73. The van der Waals surface area contributed by atoms with Crippen LogP contribution in [0.1, 0.15) is 22.4 Å². The van der Waals surface area contributed by atoms with E-state index in [9.17, 15) is 13.2 Å². The number of aliphatic carboxylic acids is 1. The van der Waals surface area contributed by atoms with Crippen LogP contribution in [0.4, 0.5) is 13.2 Å². The average molecular weight is 456 g/mol. The number of alkyl halides is 3. The predicted molar refractivity (Wildman–Crippen MR) is 107 cm³/mol. The molecule has 31 heavy (non-hydrogen) atoms. The minimum atomic E-state index is -5.08. The smallest absolute Gasteiger partial charge is 0.475 e. The van der Waals surface area contributed by atoms with E-state index >= 15 is 0 Å². The van der Waals surface area contributed by atoms with E-state index in [4.69, 9.17) is 9.90 Å². The molecule has 0 radical (unpaired) electrons. The summed E-state index contributed by atoms with van der Waals surface area (Å²) in [6.07, 6.45) is -1.08. The number of carboxylic acid groups (broad SMARTS) is 1. The third kappa shape index (κ3) is 6.37. The molecule has 0 fully saturated rings. The van der Waals surface area contributed by atoms with Crippen LogP contribution < -0.4 is 0 Å². The van der Waals surface area contributed by atoms with Gasteiger partial charge >= 0.3 is 12.1 Å². The molecule has 0 bridgehead atoms. The highest BCUT2D eigenvalue weighted by atomic mass is 32.1. The summed E-state index contributed by atoms with van der Waals surface area (Å²) in [5.74, 6) is 0.723. The van der Waals surface area contributed by atoms with Crippen LogP contribution in [0.15, 0.2) is 29.9 Å². The van der Waals surface area contributed by atoms with Crippen molar-refractivity contribution < 1.29 is 23.1 Å². The number of hydrogen-bond acceptors (Lipinski definition) is 6. The average Bonchev–Trinajstić information content (AvgIpc) is 3.37. The Kier molecular flexibility index (Phi) is 7.11. The van der Waals surface area contributed by atoms with Crippen LogP contribution in [0.25, 0.3) is 0 Å². The number of nitrogens with zero attached hydrogens (tertiary/aromatic N) is 6. The molecule has 0 saturated carbocycles. The van der Waals surface area contributed by atoms with E-state index in [0.29, 0.717) is 5.92 Å². The standard InChI is InChI=1S/C17H22N6S.C2HF3O2/c1-13-19-14(2)23(20-13)10-15-8-21(11-16-4-3-7-24-16)12-17-18-5-6-22(17)9-15;3-2(4,5)1(6)7/h3-7,15H,8-12H2,1-2H3;(H,6,7). The summed E-state index contributed by atoms with van der Waals surface area (Å²) < 4.78 is 36.1. The molecule has 0 aliphatic carbocycles. The molecule has 0 saturated heterocycles. The van der Waals surface area contributed by atoms with E-state index in [2.05, 4.69) is 48.2 Å². The number of fused-ring (bicyclic) bond motifs is 1. The molecule has 1 atom stereocenters. The SMILES string of the molecule is Cc1nc(C)n(CC2CN(Cc3cccs3)Cc3nccn3C2)n1.O=C(O)C(F)(F)F. The van der Waals surface area contributed by atoms with Crippen LogP contribution in [0.3, 0.4) is 0 Å². The van der Waals surface area contributed by atoms with Crippen LogP contribution in [-0.4, -0.2) is 53.0 Å². The van der Waals surface area contributed by atoms with Crippen LogP contribution in [-0.2, 0) is 31.0 Å². The quantitative estimate of drug-likeness (QED) is 0.649. The summed E-state index contributed by atoms with van der Waals surface area (Å²) in [4.78, 5) is 21.8. The van der Waals surface area contributed by atoms with E-state index in [0.717, 1.165) is 50.2 Å². The molecule has 0 aromatic carbocycles. The third-order valence-corrected chi connectivity index (χ3v) is 5.59. The van der Waals surface area contributed by atoms with Gasteiger partial charge in [-0.3, -0.25) is 4.90 Å². The summed E-state index contributed by atoms with van der Waals surface area (Å²) in [5.41, 5.74) is 0. The number of carbonyl (C=O) groups is 1. The van der Waals surface area contributed by atoms with Gasteiger partial charge in [-0.25, -0.2) is 19.4 Å². The van der Waals surface area contributed by atoms with Gasteiger partial charge in [-0.2, -0.15) is 18.3 Å². The predicted octanol–water partition coefficient (Wildman–Crippen LogP) is 3.12. The third-order valence-electron chi connectivity index (χ3n) is 4.73. The molecule has 3 aromatic heterocycles. The van der Waals surface area contributed by atoms with Crippen molar-refractivity contribution in [1.82, 2.24) is 29.2 Å². The number of hydrogen-bond donors (Lipinski definition) is 1. The number of imidazole rings is 1. The molecule has 1 aliphatic heterocycles. The Bertz CT molecular complexity index is 999. The molecule has 12 heteroatoms. The number of halogens is 3. The lowest BCUT2D eigenvalue weighted by Crippen LogP contribution is -2.30. The number of rotatable bonds is 4. The highest BCUT2D eigenvalue weighted by molar-refractivity contribution is 7.09. The molecule has 3 aromatic rings. The van der Waals surface area contributed by atoms with Crippen molar-refractivity contribution in [3.8, 4) is 0 Å². The van der Waals surface area contributed by atoms with E-state index in [1.54, 1.807) is 0 Å². The summed E-state index contributed by atoms with van der Waals surface area (Å²) >= 11 is 1.82. The number of aromatic nitrogens is 5. The van der Waals surface area contributed by atoms with Crippen molar-refractivity contribution in [3.05, 3.63) is 52.3 Å². The Morgan fingerprint density at radius 1 is 1.32 bits per heavy atom. The molecular formula is C19H23F3N6O2S. The summed E-state index contributed by atoms with van der Waals surface area (Å²) in [7, 11) is 0. The first-order valence-corrected chi connectivity index (χ1v) is 10.4. The maximum Gasteiger partial charge on any atom is 0.490 e. The Morgan fingerprint density at radius 2 is 2.06 bits per heavy atom. The largest absolute Gasteiger partial charge is 0.490 e. The maximum absolute atomic E-state index is 10.6. The molecule has 168 valence electrons. The second-order valence-electron chi connectivity index (χ2n) is 7.30. The minimum absolute atomic E-state index is 0.486. The first kappa shape index (κ1) is 22.9. The molecule has 0 amide bonds. The Labute approximate surface area is 181 Å². The van der Waals surface area contributed by atoms with E-state index < -0.39 is 12.1 Å². The van der Waals surface area contributed by atoms with Crippen LogP contribution >= 0.6 is 11.3 Å². The van der Waals surface area contributed by atoms with Gasteiger partial charge in [0.15, 0.2) is 0 Å². The van der Waals surface area contributed by atoms with Crippen molar-refractivity contribution in [2.24, 2.45) is 5.92 Å². The first-order chi connectivity index (χ1) is 14.6. The monoisotopic (exact) mass is 456 g/mol. The normalized spacial score (nSPS) is 16.9. The van der Waals surface area contributed by atoms with E-state index in [1.807, 2.05) is 36.1 Å². The fourth-order valence-electron chi connectivity index (χ4n) is 3.46. The molecule has 4 heterocycles. The zero-order chi connectivity index (χ0) is 22.6. The van der Waals surface area contributed by atoms with Crippen molar-refractivity contribution in [3.63, 3.8) is 0 Å². The van der Waals surface area contributed by atoms with Gasteiger partial charge in [-0.15, -0.1) is 11.3 Å². The fraction of sp³-hybridized carbons (Fsp3) is 0.474. The van der Waals surface area contributed by atoms with Crippen LogP contribution in [0.5, 0.6) is 0 Å². The van der Waals surface area contributed by atoms with Crippen molar-refractivity contribution >= 4 is 17.3 Å². The Morgan fingerprint density at radius 3 is 2.65 bits per heavy atom. The molecule has 0 spiro atoms. The Balaban J connectivity index is 0.000000339. The van der Waals surface area contributed by atoms with Gasteiger partial charge < -0.3 is 9.67 Å². The van der Waals surface area contributed by atoms with Gasteiger partial charge in [0.25, 0.3) is 0 Å².